The fourth-order valence-corrected chi connectivity index (χ4v) is 1.51. The number of aromatic nitrogens is 2. The predicted molar refractivity (Wildman–Crippen MR) is 66.3 cm³/mol. The number of carboxylic acid groups (broad SMARTS) is 1. The van der Waals surface area contributed by atoms with Crippen molar-refractivity contribution in [2.75, 3.05) is 11.9 Å². The lowest BCUT2D eigenvalue weighted by molar-refractivity contribution is -0.138. The Balaban J connectivity index is 2.33. The zero-order valence-electron chi connectivity index (χ0n) is 10.5. The number of hydrogen-bond donors (Lipinski definition) is 3. The standard InChI is InChI=1S/C11H18N4O3/c1-3-8(4-10(16)17)5-12-11(18)14-9-6-13-15(2)7-9/h6-8H,3-5H2,1-2H3,(H,16,17)(H2,12,14,18). The highest BCUT2D eigenvalue weighted by Gasteiger charge is 2.12. The van der Waals surface area contributed by atoms with Crippen molar-refractivity contribution in [2.24, 2.45) is 13.0 Å². The molecule has 1 unspecified atom stereocenters. The molecule has 0 aromatic carbocycles. The summed E-state index contributed by atoms with van der Waals surface area (Å²) in [4.78, 5) is 22.1. The Kier molecular flexibility index (Phi) is 5.16. The van der Waals surface area contributed by atoms with Crippen LogP contribution in [0.2, 0.25) is 0 Å². The molecular weight excluding hydrogens is 236 g/mol. The second kappa shape index (κ2) is 6.63. The zero-order chi connectivity index (χ0) is 13.5. The van der Waals surface area contributed by atoms with Gasteiger partial charge in [0.25, 0.3) is 0 Å². The number of carbonyl (C=O) groups is 2. The highest BCUT2D eigenvalue weighted by atomic mass is 16.4. The molecule has 18 heavy (non-hydrogen) atoms. The Labute approximate surface area is 105 Å². The van der Waals surface area contributed by atoms with Gasteiger partial charge in [-0.05, 0) is 5.92 Å². The lowest BCUT2D eigenvalue weighted by Crippen LogP contribution is -2.33. The van der Waals surface area contributed by atoms with Gasteiger partial charge in [0, 0.05) is 26.2 Å². The van der Waals surface area contributed by atoms with Crippen LogP contribution >= 0.6 is 0 Å². The maximum atomic E-state index is 11.5. The van der Waals surface area contributed by atoms with E-state index in [1.54, 1.807) is 17.9 Å². The third-order valence-electron chi connectivity index (χ3n) is 2.55. The molecule has 1 atom stereocenters. The minimum atomic E-state index is -0.851. The third-order valence-corrected chi connectivity index (χ3v) is 2.55. The molecule has 0 bridgehead atoms. The minimum absolute atomic E-state index is 0.0536. The Bertz CT molecular complexity index is 416. The van der Waals surface area contributed by atoms with E-state index in [0.717, 1.165) is 0 Å². The number of aryl methyl sites for hydroxylation is 1. The van der Waals surface area contributed by atoms with Crippen LogP contribution in [0.25, 0.3) is 0 Å². The molecular formula is C11H18N4O3. The number of nitrogens with zero attached hydrogens (tertiary/aromatic N) is 2. The fourth-order valence-electron chi connectivity index (χ4n) is 1.51. The van der Waals surface area contributed by atoms with E-state index in [1.807, 2.05) is 6.92 Å². The number of anilines is 1. The van der Waals surface area contributed by atoms with Crippen LogP contribution in [0.5, 0.6) is 0 Å². The number of aliphatic carboxylic acids is 1. The second-order valence-corrected chi connectivity index (χ2v) is 4.11. The Hall–Kier alpha value is -2.05. The summed E-state index contributed by atoms with van der Waals surface area (Å²) in [5.74, 6) is -0.904. The smallest absolute Gasteiger partial charge is 0.319 e. The normalized spacial score (nSPS) is 11.9. The summed E-state index contributed by atoms with van der Waals surface area (Å²) >= 11 is 0. The first kappa shape index (κ1) is 14.0. The van der Waals surface area contributed by atoms with Gasteiger partial charge in [-0.3, -0.25) is 9.48 Å². The molecule has 0 radical (unpaired) electrons. The van der Waals surface area contributed by atoms with E-state index in [9.17, 15) is 9.59 Å². The van der Waals surface area contributed by atoms with Crippen LogP contribution in [-0.2, 0) is 11.8 Å². The molecule has 0 saturated heterocycles. The molecule has 0 aliphatic rings. The van der Waals surface area contributed by atoms with Crippen molar-refractivity contribution in [2.45, 2.75) is 19.8 Å². The molecule has 0 aliphatic carbocycles. The van der Waals surface area contributed by atoms with Gasteiger partial charge < -0.3 is 15.7 Å². The van der Waals surface area contributed by atoms with Gasteiger partial charge in [0.05, 0.1) is 11.9 Å². The summed E-state index contributed by atoms with van der Waals surface area (Å²) in [6.07, 6.45) is 3.98. The maximum absolute atomic E-state index is 11.5. The van der Waals surface area contributed by atoms with Gasteiger partial charge in [-0.2, -0.15) is 5.10 Å². The first-order valence-electron chi connectivity index (χ1n) is 5.76. The van der Waals surface area contributed by atoms with Crippen LogP contribution in [0.4, 0.5) is 10.5 Å². The van der Waals surface area contributed by atoms with Gasteiger partial charge in [-0.1, -0.05) is 13.3 Å². The Morgan fingerprint density at radius 2 is 2.28 bits per heavy atom. The van der Waals surface area contributed by atoms with E-state index >= 15 is 0 Å². The molecule has 2 amide bonds. The van der Waals surface area contributed by atoms with Crippen LogP contribution in [-0.4, -0.2) is 33.4 Å². The molecule has 0 saturated carbocycles. The average Bonchev–Trinajstić information content (AvgIpc) is 2.69. The highest BCUT2D eigenvalue weighted by Crippen LogP contribution is 2.07. The number of carboxylic acids is 1. The topological polar surface area (TPSA) is 96.3 Å². The van der Waals surface area contributed by atoms with Crippen molar-refractivity contribution in [3.63, 3.8) is 0 Å². The molecule has 1 aromatic rings. The SMILES string of the molecule is CCC(CNC(=O)Nc1cnn(C)c1)CC(=O)O. The highest BCUT2D eigenvalue weighted by molar-refractivity contribution is 5.88. The first-order chi connectivity index (χ1) is 8.51. The number of urea groups is 1. The summed E-state index contributed by atoms with van der Waals surface area (Å²) in [7, 11) is 1.75. The monoisotopic (exact) mass is 254 g/mol. The predicted octanol–water partition coefficient (Wildman–Crippen LogP) is 1.04. The van der Waals surface area contributed by atoms with E-state index in [2.05, 4.69) is 15.7 Å². The molecule has 7 nitrogen and oxygen atoms in total. The van der Waals surface area contributed by atoms with Crippen molar-refractivity contribution in [1.29, 1.82) is 0 Å². The number of hydrogen-bond acceptors (Lipinski definition) is 3. The maximum Gasteiger partial charge on any atom is 0.319 e. The van der Waals surface area contributed by atoms with E-state index in [1.165, 1.54) is 6.20 Å². The van der Waals surface area contributed by atoms with Gasteiger partial charge in [0.15, 0.2) is 0 Å². The van der Waals surface area contributed by atoms with Crippen molar-refractivity contribution < 1.29 is 14.7 Å². The van der Waals surface area contributed by atoms with E-state index in [-0.39, 0.29) is 18.4 Å². The van der Waals surface area contributed by atoms with E-state index < -0.39 is 5.97 Å². The number of carbonyl (C=O) groups excluding carboxylic acids is 1. The zero-order valence-corrected chi connectivity index (χ0v) is 10.5. The van der Waals surface area contributed by atoms with Gasteiger partial charge in [-0.15, -0.1) is 0 Å². The third kappa shape index (κ3) is 4.86. The summed E-state index contributed by atoms with van der Waals surface area (Å²) in [6, 6.07) is -0.355. The summed E-state index contributed by atoms with van der Waals surface area (Å²) in [5.41, 5.74) is 0.598. The first-order valence-corrected chi connectivity index (χ1v) is 5.76. The van der Waals surface area contributed by atoms with Crippen LogP contribution in [0, 0.1) is 5.92 Å². The fraction of sp³-hybridized carbons (Fsp3) is 0.545. The molecule has 1 aromatic heterocycles. The molecule has 3 N–H and O–H groups in total. The van der Waals surface area contributed by atoms with Crippen LogP contribution < -0.4 is 10.6 Å². The van der Waals surface area contributed by atoms with Crippen LogP contribution in [0.3, 0.4) is 0 Å². The minimum Gasteiger partial charge on any atom is -0.481 e. The lowest BCUT2D eigenvalue weighted by Gasteiger charge is -2.13. The summed E-state index contributed by atoms with van der Waals surface area (Å²) < 4.78 is 1.58. The van der Waals surface area contributed by atoms with Crippen molar-refractivity contribution in [1.82, 2.24) is 15.1 Å². The quantitative estimate of drug-likeness (QED) is 0.706. The van der Waals surface area contributed by atoms with Gasteiger partial charge >= 0.3 is 12.0 Å². The van der Waals surface area contributed by atoms with Gasteiger partial charge in [0.1, 0.15) is 0 Å². The number of rotatable bonds is 6. The van der Waals surface area contributed by atoms with E-state index in [4.69, 9.17) is 5.11 Å². The van der Waals surface area contributed by atoms with Gasteiger partial charge in [0.2, 0.25) is 0 Å². The van der Waals surface area contributed by atoms with Crippen molar-refractivity contribution in [3.05, 3.63) is 12.4 Å². The molecule has 0 aliphatic heterocycles. The number of nitrogens with one attached hydrogen (secondary N) is 2. The Morgan fingerprint density at radius 1 is 1.56 bits per heavy atom. The molecule has 0 spiro atoms. The molecule has 1 heterocycles. The average molecular weight is 254 g/mol. The lowest BCUT2D eigenvalue weighted by atomic mass is 10.0. The summed E-state index contributed by atoms with van der Waals surface area (Å²) in [6.45, 7) is 2.24. The van der Waals surface area contributed by atoms with Crippen LogP contribution in [0.1, 0.15) is 19.8 Å². The van der Waals surface area contributed by atoms with Gasteiger partial charge in [-0.25, -0.2) is 4.79 Å². The largest absolute Gasteiger partial charge is 0.481 e. The van der Waals surface area contributed by atoms with Crippen LogP contribution in [0.15, 0.2) is 12.4 Å². The molecule has 0 fully saturated rings. The Morgan fingerprint density at radius 3 is 2.78 bits per heavy atom. The summed E-state index contributed by atoms with van der Waals surface area (Å²) in [5, 5.41) is 17.9. The molecule has 1 rings (SSSR count). The number of amides is 2. The van der Waals surface area contributed by atoms with Crippen molar-refractivity contribution >= 4 is 17.7 Å². The molecule has 100 valence electrons. The van der Waals surface area contributed by atoms with Crippen molar-refractivity contribution in [3.8, 4) is 0 Å². The molecule has 7 heteroatoms. The van der Waals surface area contributed by atoms with E-state index in [0.29, 0.717) is 18.7 Å². The second-order valence-electron chi connectivity index (χ2n) is 4.11.